The lowest BCUT2D eigenvalue weighted by molar-refractivity contribution is 0.481. The number of anilines is 1. The van der Waals surface area contributed by atoms with Crippen LogP contribution >= 0.6 is 0 Å². The first-order chi connectivity index (χ1) is 8.72. The molecule has 1 N–H and O–H groups in total. The van der Waals surface area contributed by atoms with E-state index in [1.165, 1.54) is 17.7 Å². The number of para-hydroxylation sites is 1. The Morgan fingerprint density at radius 1 is 1.50 bits per heavy atom. The van der Waals surface area contributed by atoms with E-state index in [0.717, 1.165) is 19.0 Å². The molecule has 1 heterocycles. The molecular formula is C16H22N2. The average Bonchev–Trinajstić information content (AvgIpc) is 2.38. The van der Waals surface area contributed by atoms with Gasteiger partial charge in [-0.25, -0.2) is 0 Å². The molecule has 0 bridgehead atoms. The largest absolute Gasteiger partial charge is 0.367 e. The van der Waals surface area contributed by atoms with Crippen molar-refractivity contribution in [3.05, 3.63) is 29.8 Å². The van der Waals surface area contributed by atoms with Crippen LogP contribution in [0.15, 0.2) is 24.3 Å². The summed E-state index contributed by atoms with van der Waals surface area (Å²) in [5.41, 5.74) is 2.87. The number of benzene rings is 1. The van der Waals surface area contributed by atoms with Crippen molar-refractivity contribution in [2.24, 2.45) is 5.92 Å². The minimum atomic E-state index is 0.474. The maximum Gasteiger partial charge on any atom is 0.0574 e. The summed E-state index contributed by atoms with van der Waals surface area (Å²) < 4.78 is 0. The number of hydrogen-bond donors (Lipinski definition) is 1. The van der Waals surface area contributed by atoms with Crippen LogP contribution in [0.2, 0.25) is 0 Å². The summed E-state index contributed by atoms with van der Waals surface area (Å²) in [6.07, 6.45) is 6.46. The van der Waals surface area contributed by atoms with Gasteiger partial charge in [-0.05, 0) is 30.9 Å². The lowest BCUT2D eigenvalue weighted by Crippen LogP contribution is -2.45. The fourth-order valence-corrected chi connectivity index (χ4v) is 2.72. The fraction of sp³-hybridized carbons (Fsp3) is 0.500. The van der Waals surface area contributed by atoms with Crippen molar-refractivity contribution >= 4 is 5.69 Å². The second-order valence-corrected chi connectivity index (χ2v) is 5.27. The molecule has 96 valence electrons. The second kappa shape index (κ2) is 5.93. The van der Waals surface area contributed by atoms with Crippen LogP contribution in [0.4, 0.5) is 5.69 Å². The second-order valence-electron chi connectivity index (χ2n) is 5.27. The highest BCUT2D eigenvalue weighted by Gasteiger charge is 2.24. The Labute approximate surface area is 110 Å². The van der Waals surface area contributed by atoms with Crippen molar-refractivity contribution in [2.75, 3.05) is 24.5 Å². The van der Waals surface area contributed by atoms with E-state index < -0.39 is 0 Å². The third-order valence-corrected chi connectivity index (χ3v) is 3.58. The van der Waals surface area contributed by atoms with Crippen molar-refractivity contribution in [2.45, 2.75) is 26.3 Å². The zero-order valence-electron chi connectivity index (χ0n) is 11.3. The van der Waals surface area contributed by atoms with Gasteiger partial charge in [-0.15, -0.1) is 6.42 Å². The highest BCUT2D eigenvalue weighted by molar-refractivity contribution is 5.56. The summed E-state index contributed by atoms with van der Waals surface area (Å²) in [5, 5.41) is 3.30. The third-order valence-electron chi connectivity index (χ3n) is 3.58. The van der Waals surface area contributed by atoms with E-state index in [4.69, 9.17) is 6.42 Å². The van der Waals surface area contributed by atoms with E-state index >= 15 is 0 Å². The van der Waals surface area contributed by atoms with Gasteiger partial charge in [0.05, 0.1) is 6.54 Å². The van der Waals surface area contributed by atoms with Crippen LogP contribution in [0.1, 0.15) is 19.4 Å². The van der Waals surface area contributed by atoms with Gasteiger partial charge < -0.3 is 10.2 Å². The van der Waals surface area contributed by atoms with Gasteiger partial charge in [0, 0.05) is 24.8 Å². The number of nitrogens with zero attached hydrogens (tertiary/aromatic N) is 1. The van der Waals surface area contributed by atoms with Crippen LogP contribution in [0.5, 0.6) is 0 Å². The third kappa shape index (κ3) is 2.86. The summed E-state index contributed by atoms with van der Waals surface area (Å²) in [6, 6.07) is 9.22. The first-order valence-corrected chi connectivity index (χ1v) is 6.71. The lowest BCUT2D eigenvalue weighted by atomic mass is 9.93. The monoisotopic (exact) mass is 242 g/mol. The Balaban J connectivity index is 2.11. The molecule has 0 saturated heterocycles. The standard InChI is InChI=1S/C16H22N2/c1-4-9-17-11-14(3)18-12-13(2)10-15-7-5-6-8-16(15)18/h1,5-8,13-14,17H,9-12H2,2-3H3. The molecule has 2 heteroatoms. The van der Waals surface area contributed by atoms with Crippen LogP contribution < -0.4 is 10.2 Å². The Morgan fingerprint density at radius 3 is 3.06 bits per heavy atom. The van der Waals surface area contributed by atoms with Gasteiger partial charge in [0.1, 0.15) is 0 Å². The SMILES string of the molecule is C#CCNCC(C)N1CC(C)Cc2ccccc21. The van der Waals surface area contributed by atoms with Gasteiger partial charge >= 0.3 is 0 Å². The molecule has 18 heavy (non-hydrogen) atoms. The van der Waals surface area contributed by atoms with E-state index in [2.05, 4.69) is 54.3 Å². The minimum Gasteiger partial charge on any atom is -0.367 e. The Bertz CT molecular complexity index is 433. The van der Waals surface area contributed by atoms with Crippen molar-refractivity contribution in [3.63, 3.8) is 0 Å². The van der Waals surface area contributed by atoms with Crippen LogP contribution in [-0.2, 0) is 6.42 Å². The molecule has 1 aliphatic rings. The lowest BCUT2D eigenvalue weighted by Gasteiger charge is -2.39. The van der Waals surface area contributed by atoms with Crippen LogP contribution in [0, 0.1) is 18.3 Å². The molecule has 1 aliphatic heterocycles. The van der Waals surface area contributed by atoms with Gasteiger partial charge in [-0.2, -0.15) is 0 Å². The topological polar surface area (TPSA) is 15.3 Å². The highest BCUT2D eigenvalue weighted by atomic mass is 15.2. The van der Waals surface area contributed by atoms with Crippen molar-refractivity contribution < 1.29 is 0 Å². The molecule has 2 atom stereocenters. The number of fused-ring (bicyclic) bond motifs is 1. The van der Waals surface area contributed by atoms with E-state index in [1.54, 1.807) is 0 Å². The molecule has 2 nitrogen and oxygen atoms in total. The molecule has 0 saturated carbocycles. The predicted molar refractivity (Wildman–Crippen MR) is 77.8 cm³/mol. The zero-order chi connectivity index (χ0) is 13.0. The van der Waals surface area contributed by atoms with Crippen molar-refractivity contribution in [1.29, 1.82) is 0 Å². The Hall–Kier alpha value is -1.46. The van der Waals surface area contributed by atoms with E-state index in [9.17, 15) is 0 Å². The molecule has 0 aliphatic carbocycles. The van der Waals surface area contributed by atoms with Crippen LogP contribution in [0.25, 0.3) is 0 Å². The van der Waals surface area contributed by atoms with Gasteiger partial charge in [0.2, 0.25) is 0 Å². The molecular weight excluding hydrogens is 220 g/mol. The first kappa shape index (κ1) is 13.0. The van der Waals surface area contributed by atoms with Gasteiger partial charge in [0.25, 0.3) is 0 Å². The molecule has 2 unspecified atom stereocenters. The van der Waals surface area contributed by atoms with Gasteiger partial charge in [-0.1, -0.05) is 31.0 Å². The van der Waals surface area contributed by atoms with Crippen molar-refractivity contribution in [3.8, 4) is 12.3 Å². The maximum atomic E-state index is 5.27. The number of hydrogen-bond acceptors (Lipinski definition) is 2. The Morgan fingerprint density at radius 2 is 2.28 bits per heavy atom. The zero-order valence-corrected chi connectivity index (χ0v) is 11.3. The summed E-state index contributed by atoms with van der Waals surface area (Å²) >= 11 is 0. The molecule has 2 rings (SSSR count). The number of terminal acetylenes is 1. The summed E-state index contributed by atoms with van der Waals surface area (Å²) in [5.74, 6) is 3.34. The predicted octanol–water partition coefficient (Wildman–Crippen LogP) is 2.30. The van der Waals surface area contributed by atoms with E-state index in [1.807, 2.05) is 0 Å². The fourth-order valence-electron chi connectivity index (χ4n) is 2.72. The molecule has 1 aromatic rings. The van der Waals surface area contributed by atoms with Crippen LogP contribution in [-0.4, -0.2) is 25.7 Å². The van der Waals surface area contributed by atoms with E-state index in [0.29, 0.717) is 12.6 Å². The summed E-state index contributed by atoms with van der Waals surface area (Å²) in [6.45, 7) is 7.30. The minimum absolute atomic E-state index is 0.474. The Kier molecular flexibility index (Phi) is 4.28. The van der Waals surface area contributed by atoms with Crippen LogP contribution in [0.3, 0.4) is 0 Å². The first-order valence-electron chi connectivity index (χ1n) is 6.71. The normalized spacial score (nSPS) is 20.1. The molecule has 0 amide bonds. The van der Waals surface area contributed by atoms with E-state index in [-0.39, 0.29) is 0 Å². The highest BCUT2D eigenvalue weighted by Crippen LogP contribution is 2.30. The molecule has 1 aromatic carbocycles. The average molecular weight is 242 g/mol. The number of rotatable bonds is 4. The molecule has 0 radical (unpaired) electrons. The van der Waals surface area contributed by atoms with Crippen molar-refractivity contribution in [1.82, 2.24) is 5.32 Å². The summed E-state index contributed by atoms with van der Waals surface area (Å²) in [7, 11) is 0. The molecule has 0 fully saturated rings. The van der Waals surface area contributed by atoms with Gasteiger partial charge in [-0.3, -0.25) is 0 Å². The maximum absolute atomic E-state index is 5.27. The molecule has 0 aromatic heterocycles. The van der Waals surface area contributed by atoms with Gasteiger partial charge in [0.15, 0.2) is 0 Å². The summed E-state index contributed by atoms with van der Waals surface area (Å²) in [4.78, 5) is 2.51. The number of nitrogens with one attached hydrogen (secondary N) is 1. The quantitative estimate of drug-likeness (QED) is 0.644. The smallest absolute Gasteiger partial charge is 0.0574 e. The molecule has 0 spiro atoms.